The summed E-state index contributed by atoms with van der Waals surface area (Å²) >= 11 is 3.52. The van der Waals surface area contributed by atoms with Gasteiger partial charge in [0.15, 0.2) is 0 Å². The molecule has 0 spiro atoms. The fourth-order valence-corrected chi connectivity index (χ4v) is 3.09. The van der Waals surface area contributed by atoms with Gasteiger partial charge in [0.25, 0.3) is 0 Å². The number of phenolic OH excluding ortho intramolecular Hbond substituents is 1. The topological polar surface area (TPSA) is 23.5 Å². The molecule has 2 aromatic carbocycles. The van der Waals surface area contributed by atoms with Crippen molar-refractivity contribution in [1.82, 2.24) is 4.90 Å². The van der Waals surface area contributed by atoms with Crippen LogP contribution in [0.2, 0.25) is 0 Å². The molecule has 0 unspecified atom stereocenters. The molecule has 0 amide bonds. The van der Waals surface area contributed by atoms with Crippen LogP contribution in [0.3, 0.4) is 0 Å². The summed E-state index contributed by atoms with van der Waals surface area (Å²) in [5, 5.41) is 9.43. The SMILES string of the molecule is Oc1ccc(CN2CCc3ccccc3C2)c(Br)c1. The third-order valence-electron chi connectivity index (χ3n) is 3.64. The summed E-state index contributed by atoms with van der Waals surface area (Å²) in [6.45, 7) is 3.00. The summed E-state index contributed by atoms with van der Waals surface area (Å²) in [4.78, 5) is 2.44. The van der Waals surface area contributed by atoms with E-state index in [0.29, 0.717) is 5.75 Å². The first kappa shape index (κ1) is 12.7. The van der Waals surface area contributed by atoms with Gasteiger partial charge in [0.1, 0.15) is 5.75 Å². The molecule has 0 radical (unpaired) electrons. The lowest BCUT2D eigenvalue weighted by atomic mass is 9.99. The van der Waals surface area contributed by atoms with Crippen LogP contribution >= 0.6 is 15.9 Å². The number of hydrogen-bond acceptors (Lipinski definition) is 2. The van der Waals surface area contributed by atoms with Crippen LogP contribution in [0.5, 0.6) is 5.75 Å². The van der Waals surface area contributed by atoms with Crippen molar-refractivity contribution in [2.45, 2.75) is 19.5 Å². The Morgan fingerprint density at radius 3 is 2.68 bits per heavy atom. The first-order chi connectivity index (χ1) is 9.22. The van der Waals surface area contributed by atoms with E-state index in [9.17, 15) is 5.11 Å². The highest BCUT2D eigenvalue weighted by Gasteiger charge is 2.16. The lowest BCUT2D eigenvalue weighted by Crippen LogP contribution is -2.30. The van der Waals surface area contributed by atoms with Crippen molar-refractivity contribution in [3.63, 3.8) is 0 Å². The van der Waals surface area contributed by atoms with Gasteiger partial charge < -0.3 is 5.11 Å². The Bertz CT molecular complexity index is 597. The van der Waals surface area contributed by atoms with Gasteiger partial charge in [-0.3, -0.25) is 4.90 Å². The fourth-order valence-electron chi connectivity index (χ4n) is 2.59. The Hall–Kier alpha value is -1.32. The van der Waals surface area contributed by atoms with E-state index in [1.54, 1.807) is 12.1 Å². The van der Waals surface area contributed by atoms with Gasteiger partial charge in [-0.1, -0.05) is 46.3 Å². The zero-order valence-corrected chi connectivity index (χ0v) is 12.2. The van der Waals surface area contributed by atoms with Crippen molar-refractivity contribution in [2.75, 3.05) is 6.54 Å². The molecule has 98 valence electrons. The van der Waals surface area contributed by atoms with Crippen LogP contribution in [0, 0.1) is 0 Å². The highest BCUT2D eigenvalue weighted by Crippen LogP contribution is 2.26. The van der Waals surface area contributed by atoms with Gasteiger partial charge in [-0.2, -0.15) is 0 Å². The maximum atomic E-state index is 9.43. The summed E-state index contributed by atoms with van der Waals surface area (Å²) in [5.41, 5.74) is 4.13. The van der Waals surface area contributed by atoms with E-state index >= 15 is 0 Å². The number of rotatable bonds is 2. The molecule has 19 heavy (non-hydrogen) atoms. The zero-order valence-electron chi connectivity index (χ0n) is 10.6. The van der Waals surface area contributed by atoms with Gasteiger partial charge >= 0.3 is 0 Å². The van der Waals surface area contributed by atoms with Crippen molar-refractivity contribution in [1.29, 1.82) is 0 Å². The molecule has 0 fully saturated rings. The molecule has 0 bridgehead atoms. The molecule has 3 heteroatoms. The minimum atomic E-state index is 0.305. The highest BCUT2D eigenvalue weighted by atomic mass is 79.9. The van der Waals surface area contributed by atoms with Crippen LogP contribution in [0.25, 0.3) is 0 Å². The number of nitrogens with zero attached hydrogens (tertiary/aromatic N) is 1. The first-order valence-corrected chi connectivity index (χ1v) is 7.28. The van der Waals surface area contributed by atoms with Crippen molar-refractivity contribution in [3.8, 4) is 5.75 Å². The van der Waals surface area contributed by atoms with Crippen LogP contribution in [0.4, 0.5) is 0 Å². The zero-order chi connectivity index (χ0) is 13.2. The van der Waals surface area contributed by atoms with Gasteiger partial charge in [0, 0.05) is 24.1 Å². The smallest absolute Gasteiger partial charge is 0.116 e. The van der Waals surface area contributed by atoms with Crippen molar-refractivity contribution in [3.05, 3.63) is 63.6 Å². The minimum absolute atomic E-state index is 0.305. The standard InChI is InChI=1S/C16H16BrNO/c17-16-9-15(19)6-5-14(16)11-18-8-7-12-3-1-2-4-13(12)10-18/h1-6,9,19H,7-8,10-11H2. The number of hydrogen-bond donors (Lipinski definition) is 1. The van der Waals surface area contributed by atoms with Crippen molar-refractivity contribution < 1.29 is 5.11 Å². The van der Waals surface area contributed by atoms with Gasteiger partial charge in [-0.05, 0) is 35.2 Å². The van der Waals surface area contributed by atoms with E-state index < -0.39 is 0 Å². The second kappa shape index (κ2) is 5.35. The Labute approximate surface area is 121 Å². The summed E-state index contributed by atoms with van der Waals surface area (Å²) in [6, 6.07) is 14.2. The predicted octanol–water partition coefficient (Wildman–Crippen LogP) is 3.71. The molecule has 0 aliphatic carbocycles. The second-order valence-electron chi connectivity index (χ2n) is 5.01. The molecule has 1 aliphatic rings. The monoisotopic (exact) mass is 317 g/mol. The highest BCUT2D eigenvalue weighted by molar-refractivity contribution is 9.10. The van der Waals surface area contributed by atoms with Gasteiger partial charge in [-0.25, -0.2) is 0 Å². The van der Waals surface area contributed by atoms with E-state index in [1.807, 2.05) is 6.07 Å². The number of phenols is 1. The first-order valence-electron chi connectivity index (χ1n) is 6.49. The van der Waals surface area contributed by atoms with Crippen LogP contribution < -0.4 is 0 Å². The Morgan fingerprint density at radius 1 is 1.11 bits per heavy atom. The summed E-state index contributed by atoms with van der Waals surface area (Å²) in [7, 11) is 0. The van der Waals surface area contributed by atoms with E-state index in [1.165, 1.54) is 16.7 Å². The van der Waals surface area contributed by atoms with Gasteiger partial charge in [0.05, 0.1) is 0 Å². The summed E-state index contributed by atoms with van der Waals surface area (Å²) in [6.07, 6.45) is 1.12. The molecule has 0 saturated heterocycles. The van der Waals surface area contributed by atoms with Crippen LogP contribution in [-0.2, 0) is 19.5 Å². The number of aromatic hydroxyl groups is 1. The van der Waals surface area contributed by atoms with Crippen LogP contribution in [-0.4, -0.2) is 16.6 Å². The van der Waals surface area contributed by atoms with E-state index in [0.717, 1.165) is 30.5 Å². The predicted molar refractivity (Wildman–Crippen MR) is 80.1 cm³/mol. The average molecular weight is 318 g/mol. The third-order valence-corrected chi connectivity index (χ3v) is 4.38. The second-order valence-corrected chi connectivity index (χ2v) is 5.86. The average Bonchev–Trinajstić information content (AvgIpc) is 2.42. The maximum Gasteiger partial charge on any atom is 0.116 e. The number of halogens is 1. The molecule has 2 aromatic rings. The van der Waals surface area contributed by atoms with E-state index in [-0.39, 0.29) is 0 Å². The maximum absolute atomic E-state index is 9.43. The van der Waals surface area contributed by atoms with Crippen molar-refractivity contribution >= 4 is 15.9 Å². The van der Waals surface area contributed by atoms with Gasteiger partial charge in [-0.15, -0.1) is 0 Å². The normalized spacial score (nSPS) is 15.2. The molecule has 0 saturated carbocycles. The molecule has 1 N–H and O–H groups in total. The Morgan fingerprint density at radius 2 is 1.89 bits per heavy atom. The van der Waals surface area contributed by atoms with Crippen LogP contribution in [0.15, 0.2) is 46.9 Å². The van der Waals surface area contributed by atoms with E-state index in [4.69, 9.17) is 0 Å². The van der Waals surface area contributed by atoms with Gasteiger partial charge in [0.2, 0.25) is 0 Å². The minimum Gasteiger partial charge on any atom is -0.508 e. The van der Waals surface area contributed by atoms with Crippen molar-refractivity contribution in [2.24, 2.45) is 0 Å². The summed E-state index contributed by atoms with van der Waals surface area (Å²) < 4.78 is 0.978. The van der Waals surface area contributed by atoms with Crippen LogP contribution in [0.1, 0.15) is 16.7 Å². The number of fused-ring (bicyclic) bond motifs is 1. The molecule has 0 atom stereocenters. The number of benzene rings is 2. The molecule has 0 aromatic heterocycles. The molecule has 3 rings (SSSR count). The molecule has 1 heterocycles. The molecule has 1 aliphatic heterocycles. The fraction of sp³-hybridized carbons (Fsp3) is 0.250. The molecule has 2 nitrogen and oxygen atoms in total. The molecular formula is C16H16BrNO. The third kappa shape index (κ3) is 2.82. The Kier molecular flexibility index (Phi) is 3.58. The quantitative estimate of drug-likeness (QED) is 0.912. The van der Waals surface area contributed by atoms with E-state index in [2.05, 4.69) is 45.1 Å². The lowest BCUT2D eigenvalue weighted by Gasteiger charge is -2.29. The lowest BCUT2D eigenvalue weighted by molar-refractivity contribution is 0.245. The molecular weight excluding hydrogens is 302 g/mol. The summed E-state index contributed by atoms with van der Waals surface area (Å²) in [5.74, 6) is 0.305. The largest absolute Gasteiger partial charge is 0.508 e. The Balaban J connectivity index is 1.75.